The summed E-state index contributed by atoms with van der Waals surface area (Å²) in [6.07, 6.45) is -2.19. The molecular weight excluding hydrogens is 529 g/mol. The van der Waals surface area contributed by atoms with E-state index in [0.29, 0.717) is 23.9 Å². The highest BCUT2D eigenvalue weighted by molar-refractivity contribution is 7.90. The van der Waals surface area contributed by atoms with Gasteiger partial charge >= 0.3 is 6.18 Å². The number of imidazole rings is 1. The molecule has 2 aliphatic carbocycles. The quantitative estimate of drug-likeness (QED) is 0.170. The summed E-state index contributed by atoms with van der Waals surface area (Å²) in [7, 11) is -1.33. The van der Waals surface area contributed by atoms with Crippen molar-refractivity contribution in [2.75, 3.05) is 6.61 Å². The van der Waals surface area contributed by atoms with Crippen LogP contribution in [0.15, 0.2) is 18.2 Å². The van der Waals surface area contributed by atoms with Crippen LogP contribution in [0.3, 0.4) is 0 Å². The Kier molecular flexibility index (Phi) is 8.41. The van der Waals surface area contributed by atoms with E-state index in [1.807, 2.05) is 22.8 Å². The zero-order valence-electron chi connectivity index (χ0n) is 23.5. The average Bonchev–Trinajstić information content (AvgIpc) is 3.71. The maximum Gasteiger partial charge on any atom is 0.394 e. The van der Waals surface area contributed by atoms with Gasteiger partial charge in [-0.3, -0.25) is 0 Å². The minimum absolute atomic E-state index is 0.0736. The van der Waals surface area contributed by atoms with Crippen LogP contribution in [0.25, 0.3) is 11.0 Å². The van der Waals surface area contributed by atoms with Gasteiger partial charge in [0.2, 0.25) is 0 Å². The molecule has 2 saturated carbocycles. The van der Waals surface area contributed by atoms with Crippen LogP contribution in [0, 0.1) is 11.3 Å². The summed E-state index contributed by atoms with van der Waals surface area (Å²) in [6.45, 7) is 13.0. The molecule has 1 aromatic carbocycles. The normalized spacial score (nSPS) is 20.5. The van der Waals surface area contributed by atoms with Crippen LogP contribution in [0.1, 0.15) is 76.3 Å². The molecule has 0 spiro atoms. The predicted molar refractivity (Wildman–Crippen MR) is 150 cm³/mol. The summed E-state index contributed by atoms with van der Waals surface area (Å²) in [5, 5.41) is 0. The predicted octanol–water partition coefficient (Wildman–Crippen LogP) is 6.58. The van der Waals surface area contributed by atoms with Crippen LogP contribution in [-0.2, 0) is 22.8 Å². The Hall–Kier alpha value is -1.11. The standard InChI is InChI=1S/C27H43F3N4O2SSi/c1-25(2,3)37(35)33-21(16-26(11-12-26)27(28,29)30)24-32-20-10-9-19(23(31)18-7-8-18)15-22(20)34(24)17-36-13-14-38(4,5)6/h9-10,15,18,21,23,33H,7-8,11-14,16-17,31H2,1-6H3/t21-,23+,37?/m0/s1. The number of nitrogens with one attached hydrogen (secondary N) is 1. The van der Waals surface area contributed by atoms with Crippen LogP contribution in [0.5, 0.6) is 0 Å². The van der Waals surface area contributed by atoms with Gasteiger partial charge in [0.25, 0.3) is 0 Å². The second-order valence-corrected chi connectivity index (χ2v) is 21.0. The first-order valence-corrected chi connectivity index (χ1v) is 18.4. The van der Waals surface area contributed by atoms with E-state index in [-0.39, 0.29) is 32.0 Å². The number of hydrogen-bond donors (Lipinski definition) is 2. The monoisotopic (exact) mass is 572 g/mol. The van der Waals surface area contributed by atoms with Gasteiger partial charge in [-0.25, -0.2) is 4.98 Å². The first-order valence-electron chi connectivity index (χ1n) is 13.6. The fourth-order valence-electron chi connectivity index (χ4n) is 4.67. The van der Waals surface area contributed by atoms with E-state index < -0.39 is 41.8 Å². The molecule has 0 amide bonds. The fraction of sp³-hybridized carbons (Fsp3) is 0.741. The molecule has 4 rings (SSSR count). The van der Waals surface area contributed by atoms with Gasteiger partial charge in [0.15, 0.2) is 0 Å². The number of rotatable bonds is 12. The highest BCUT2D eigenvalue weighted by Crippen LogP contribution is 2.62. The van der Waals surface area contributed by atoms with Gasteiger partial charge in [0.1, 0.15) is 23.3 Å². The third-order valence-electron chi connectivity index (χ3n) is 7.70. The van der Waals surface area contributed by atoms with E-state index in [1.54, 1.807) is 20.8 Å². The van der Waals surface area contributed by atoms with Crippen LogP contribution < -0.4 is 10.5 Å². The van der Waals surface area contributed by atoms with E-state index >= 15 is 0 Å². The number of hydrogen-bond acceptors (Lipinski definition) is 5. The molecule has 0 saturated heterocycles. The molecule has 3 atom stereocenters. The molecule has 2 aliphatic rings. The molecule has 2 fully saturated rings. The number of nitrogens with two attached hydrogens (primary N) is 1. The zero-order valence-corrected chi connectivity index (χ0v) is 25.3. The lowest BCUT2D eigenvalue weighted by molar-refractivity contribution is -0.190. The summed E-state index contributed by atoms with van der Waals surface area (Å²) in [5.74, 6) is 0.889. The molecular formula is C27H43F3N4O2SSi. The summed E-state index contributed by atoms with van der Waals surface area (Å²) in [6, 6.07) is 5.90. The van der Waals surface area contributed by atoms with E-state index in [4.69, 9.17) is 15.5 Å². The molecule has 11 heteroatoms. The van der Waals surface area contributed by atoms with Gasteiger partial charge in [0.05, 0.1) is 16.4 Å². The molecule has 214 valence electrons. The minimum Gasteiger partial charge on any atom is -0.598 e. The van der Waals surface area contributed by atoms with Crippen molar-refractivity contribution in [1.29, 1.82) is 0 Å². The van der Waals surface area contributed by atoms with Crippen molar-refractivity contribution in [3.8, 4) is 0 Å². The van der Waals surface area contributed by atoms with Crippen molar-refractivity contribution in [3.63, 3.8) is 0 Å². The number of ether oxygens (including phenoxy) is 1. The van der Waals surface area contributed by atoms with Crippen molar-refractivity contribution >= 4 is 30.5 Å². The Balaban J connectivity index is 1.74. The average molecular weight is 573 g/mol. The highest BCUT2D eigenvalue weighted by atomic mass is 32.2. The second-order valence-electron chi connectivity index (χ2n) is 13.4. The summed E-state index contributed by atoms with van der Waals surface area (Å²) >= 11 is -1.59. The van der Waals surface area contributed by atoms with Crippen LogP contribution in [0.2, 0.25) is 25.7 Å². The van der Waals surface area contributed by atoms with Crippen molar-refractivity contribution in [2.24, 2.45) is 17.1 Å². The van der Waals surface area contributed by atoms with Gasteiger partial charge in [0, 0.05) is 32.1 Å². The summed E-state index contributed by atoms with van der Waals surface area (Å²) in [4.78, 5) is 4.82. The first-order chi connectivity index (χ1) is 17.5. The molecule has 6 nitrogen and oxygen atoms in total. The SMILES string of the molecule is CC(C)(C)[S+]([O-])N[C@@H](CC1(C(F)(F)F)CC1)c1nc2ccc([C@H](N)C3CC3)cc2n1COCC[Si](C)(C)C. The Morgan fingerprint density at radius 1 is 1.24 bits per heavy atom. The molecule has 1 heterocycles. The number of nitrogens with zero attached hydrogens (tertiary/aromatic N) is 2. The zero-order chi connectivity index (χ0) is 28.1. The van der Waals surface area contributed by atoms with Gasteiger partial charge < -0.3 is 19.6 Å². The minimum atomic E-state index is -4.33. The number of benzene rings is 1. The Morgan fingerprint density at radius 2 is 1.89 bits per heavy atom. The molecule has 2 aromatic rings. The third kappa shape index (κ3) is 6.96. The third-order valence-corrected chi connectivity index (χ3v) is 11.0. The van der Waals surface area contributed by atoms with Crippen molar-refractivity contribution < 1.29 is 22.5 Å². The van der Waals surface area contributed by atoms with Gasteiger partial charge in [-0.05, 0) is 82.5 Å². The molecule has 0 bridgehead atoms. The number of halogens is 3. The fourth-order valence-corrected chi connectivity index (χ4v) is 6.22. The first kappa shape index (κ1) is 29.9. The largest absolute Gasteiger partial charge is 0.598 e. The Morgan fingerprint density at radius 3 is 2.42 bits per heavy atom. The van der Waals surface area contributed by atoms with Crippen LogP contribution >= 0.6 is 0 Å². The summed E-state index contributed by atoms with van der Waals surface area (Å²) < 4.78 is 65.7. The lowest BCUT2D eigenvalue weighted by atomic mass is 9.96. The molecule has 1 aromatic heterocycles. The molecule has 1 unspecified atom stereocenters. The lowest BCUT2D eigenvalue weighted by Gasteiger charge is -2.30. The van der Waals surface area contributed by atoms with Crippen LogP contribution in [0.4, 0.5) is 13.2 Å². The van der Waals surface area contributed by atoms with E-state index in [0.717, 1.165) is 30.0 Å². The summed E-state index contributed by atoms with van der Waals surface area (Å²) in [5.41, 5.74) is 7.16. The maximum atomic E-state index is 14.1. The van der Waals surface area contributed by atoms with Gasteiger partial charge in [-0.2, -0.15) is 13.2 Å². The molecule has 0 aliphatic heterocycles. The van der Waals surface area contributed by atoms with E-state index in [2.05, 4.69) is 24.4 Å². The smallest absolute Gasteiger partial charge is 0.394 e. The Labute approximate surface area is 228 Å². The molecule has 3 N–H and O–H groups in total. The number of alkyl halides is 3. The van der Waals surface area contributed by atoms with Crippen LogP contribution in [-0.4, -0.2) is 39.7 Å². The second kappa shape index (κ2) is 10.7. The lowest BCUT2D eigenvalue weighted by Crippen LogP contribution is -2.43. The van der Waals surface area contributed by atoms with Gasteiger partial charge in [-0.1, -0.05) is 25.7 Å². The van der Waals surface area contributed by atoms with Gasteiger partial charge in [-0.15, -0.1) is 4.72 Å². The van der Waals surface area contributed by atoms with E-state index in [1.165, 1.54) is 0 Å². The molecule has 38 heavy (non-hydrogen) atoms. The highest BCUT2D eigenvalue weighted by Gasteiger charge is 2.64. The Bertz CT molecular complexity index is 1120. The van der Waals surface area contributed by atoms with Crippen molar-refractivity contribution in [1.82, 2.24) is 14.3 Å². The van der Waals surface area contributed by atoms with Crippen molar-refractivity contribution in [2.45, 2.75) is 108 Å². The topological polar surface area (TPSA) is 88.2 Å². The van der Waals surface area contributed by atoms with Crippen molar-refractivity contribution in [3.05, 3.63) is 29.6 Å². The number of aromatic nitrogens is 2. The maximum absolute atomic E-state index is 14.1. The van der Waals surface area contributed by atoms with E-state index in [9.17, 15) is 17.7 Å². The number of fused-ring (bicyclic) bond motifs is 1. The molecule has 0 radical (unpaired) electrons.